The Morgan fingerprint density at radius 3 is 1.23 bits per heavy atom. The van der Waals surface area contributed by atoms with Crippen LogP contribution in [-0.4, -0.2) is 10.2 Å². The average Bonchev–Trinajstić information content (AvgIpc) is 2.60. The van der Waals surface area contributed by atoms with Gasteiger partial charge in [-0.15, -0.1) is 13.2 Å². The zero-order valence-corrected chi connectivity index (χ0v) is 12.5. The molecule has 4 atom stereocenters. The molecule has 0 aliphatic heterocycles. The second-order valence-electron chi connectivity index (χ2n) is 5.34. The van der Waals surface area contributed by atoms with E-state index in [4.69, 9.17) is 0 Å². The molecular formula is C20H22O2. The van der Waals surface area contributed by atoms with E-state index in [2.05, 4.69) is 13.2 Å². The summed E-state index contributed by atoms with van der Waals surface area (Å²) in [5, 5.41) is 21.3. The summed E-state index contributed by atoms with van der Waals surface area (Å²) in [4.78, 5) is 0. The van der Waals surface area contributed by atoms with Gasteiger partial charge in [0.15, 0.2) is 0 Å². The predicted molar refractivity (Wildman–Crippen MR) is 90.2 cm³/mol. The normalized spacial score (nSPS) is 16.3. The molecule has 0 bridgehead atoms. The lowest BCUT2D eigenvalue weighted by molar-refractivity contribution is 0.0466. The Bertz CT molecular complexity index is 536. The predicted octanol–water partition coefficient (Wildman–Crippen LogP) is 4.06. The molecule has 0 saturated heterocycles. The molecular weight excluding hydrogens is 272 g/mol. The first-order valence-electron chi connectivity index (χ1n) is 7.40. The molecule has 0 saturated carbocycles. The third-order valence-corrected chi connectivity index (χ3v) is 4.00. The van der Waals surface area contributed by atoms with Gasteiger partial charge < -0.3 is 10.2 Å². The van der Waals surface area contributed by atoms with Crippen molar-refractivity contribution >= 4 is 0 Å². The number of benzene rings is 2. The first kappa shape index (κ1) is 16.2. The van der Waals surface area contributed by atoms with Gasteiger partial charge in [-0.05, 0) is 11.1 Å². The van der Waals surface area contributed by atoms with Crippen LogP contribution in [0, 0.1) is 11.8 Å². The number of hydrogen-bond acceptors (Lipinski definition) is 2. The number of hydrogen-bond donors (Lipinski definition) is 2. The van der Waals surface area contributed by atoms with E-state index in [1.165, 1.54) is 0 Å². The van der Waals surface area contributed by atoms with Gasteiger partial charge in [0, 0.05) is 11.8 Å². The van der Waals surface area contributed by atoms with Gasteiger partial charge in [0.05, 0.1) is 12.2 Å². The summed E-state index contributed by atoms with van der Waals surface area (Å²) in [7, 11) is 0. The zero-order valence-electron chi connectivity index (χ0n) is 12.5. The molecule has 2 nitrogen and oxygen atoms in total. The summed E-state index contributed by atoms with van der Waals surface area (Å²) in [6.07, 6.45) is 1.91. The number of aliphatic hydroxyl groups is 2. The van der Waals surface area contributed by atoms with Crippen LogP contribution in [0.2, 0.25) is 0 Å². The standard InChI is InChI=1S/C20H22O2/c1-3-17(19(21)15-11-7-5-8-12-15)18(4-2)20(22)16-13-9-6-10-14-16/h3-14,17-22H,1-2H2. The van der Waals surface area contributed by atoms with Crippen molar-refractivity contribution in [2.45, 2.75) is 12.2 Å². The fourth-order valence-corrected chi connectivity index (χ4v) is 2.74. The maximum absolute atomic E-state index is 10.6. The molecule has 0 radical (unpaired) electrons. The Hall–Kier alpha value is -2.16. The van der Waals surface area contributed by atoms with Crippen molar-refractivity contribution in [1.29, 1.82) is 0 Å². The first-order valence-corrected chi connectivity index (χ1v) is 7.40. The number of aliphatic hydroxyl groups excluding tert-OH is 2. The van der Waals surface area contributed by atoms with Gasteiger partial charge in [0.25, 0.3) is 0 Å². The van der Waals surface area contributed by atoms with Crippen LogP contribution in [0.1, 0.15) is 23.3 Å². The van der Waals surface area contributed by atoms with Crippen molar-refractivity contribution in [3.05, 3.63) is 97.1 Å². The van der Waals surface area contributed by atoms with Gasteiger partial charge in [-0.1, -0.05) is 72.8 Å². The minimum atomic E-state index is -0.736. The van der Waals surface area contributed by atoms with Gasteiger partial charge >= 0.3 is 0 Å². The van der Waals surface area contributed by atoms with Crippen LogP contribution in [0.4, 0.5) is 0 Å². The van der Waals surface area contributed by atoms with E-state index < -0.39 is 12.2 Å². The lowest BCUT2D eigenvalue weighted by Gasteiger charge is -2.30. The molecule has 0 aliphatic rings. The summed E-state index contributed by atoms with van der Waals surface area (Å²) in [5.74, 6) is -0.648. The largest absolute Gasteiger partial charge is 0.388 e. The SMILES string of the molecule is C=CC(C(O)c1ccccc1)C(C=C)C(O)c1ccccc1. The molecule has 2 rings (SSSR count). The highest BCUT2D eigenvalue weighted by Crippen LogP contribution is 2.37. The monoisotopic (exact) mass is 294 g/mol. The maximum Gasteiger partial charge on any atom is 0.0859 e. The van der Waals surface area contributed by atoms with Gasteiger partial charge in [-0.25, -0.2) is 0 Å². The Morgan fingerprint density at radius 2 is 0.955 bits per heavy atom. The molecule has 2 aromatic carbocycles. The van der Waals surface area contributed by atoms with Gasteiger partial charge in [-0.2, -0.15) is 0 Å². The maximum atomic E-state index is 10.6. The van der Waals surface area contributed by atoms with Crippen molar-refractivity contribution in [3.63, 3.8) is 0 Å². The smallest absolute Gasteiger partial charge is 0.0859 e. The third kappa shape index (κ3) is 3.53. The molecule has 0 amide bonds. The Labute approximate surface area is 132 Å². The quantitative estimate of drug-likeness (QED) is 0.756. The molecule has 22 heavy (non-hydrogen) atoms. The minimum absolute atomic E-state index is 0.324. The molecule has 0 aliphatic carbocycles. The molecule has 4 unspecified atom stereocenters. The Kier molecular flexibility index (Phi) is 5.70. The summed E-state index contributed by atoms with van der Waals surface area (Å²) in [5.41, 5.74) is 1.61. The highest BCUT2D eigenvalue weighted by Gasteiger charge is 2.30. The van der Waals surface area contributed by atoms with E-state index in [-0.39, 0.29) is 11.8 Å². The van der Waals surface area contributed by atoms with Crippen LogP contribution in [0.3, 0.4) is 0 Å². The van der Waals surface area contributed by atoms with Gasteiger partial charge in [-0.3, -0.25) is 0 Å². The van der Waals surface area contributed by atoms with E-state index in [1.807, 2.05) is 60.7 Å². The van der Waals surface area contributed by atoms with Crippen LogP contribution in [0.25, 0.3) is 0 Å². The summed E-state index contributed by atoms with van der Waals surface area (Å²) >= 11 is 0. The zero-order chi connectivity index (χ0) is 15.9. The average molecular weight is 294 g/mol. The molecule has 0 spiro atoms. The van der Waals surface area contributed by atoms with E-state index in [0.717, 1.165) is 11.1 Å². The summed E-state index contributed by atoms with van der Waals surface area (Å²) < 4.78 is 0. The van der Waals surface area contributed by atoms with Crippen LogP contribution >= 0.6 is 0 Å². The fraction of sp³-hybridized carbons (Fsp3) is 0.200. The highest BCUT2D eigenvalue weighted by atomic mass is 16.3. The minimum Gasteiger partial charge on any atom is -0.388 e. The van der Waals surface area contributed by atoms with Crippen molar-refractivity contribution < 1.29 is 10.2 Å². The second kappa shape index (κ2) is 7.74. The Morgan fingerprint density at radius 1 is 0.636 bits per heavy atom. The second-order valence-corrected chi connectivity index (χ2v) is 5.34. The molecule has 0 fully saturated rings. The van der Waals surface area contributed by atoms with Crippen molar-refractivity contribution in [3.8, 4) is 0 Å². The number of rotatable bonds is 7. The molecule has 2 N–H and O–H groups in total. The highest BCUT2D eigenvalue weighted by molar-refractivity contribution is 5.23. The van der Waals surface area contributed by atoms with E-state index >= 15 is 0 Å². The molecule has 2 aromatic rings. The molecule has 0 aromatic heterocycles. The van der Waals surface area contributed by atoms with Crippen LogP contribution in [-0.2, 0) is 0 Å². The van der Waals surface area contributed by atoms with Crippen LogP contribution in [0.5, 0.6) is 0 Å². The molecule has 2 heteroatoms. The van der Waals surface area contributed by atoms with Crippen molar-refractivity contribution in [2.24, 2.45) is 11.8 Å². The lowest BCUT2D eigenvalue weighted by Crippen LogP contribution is -2.24. The van der Waals surface area contributed by atoms with Crippen LogP contribution < -0.4 is 0 Å². The van der Waals surface area contributed by atoms with Crippen molar-refractivity contribution in [1.82, 2.24) is 0 Å². The molecule has 114 valence electrons. The molecule has 0 heterocycles. The third-order valence-electron chi connectivity index (χ3n) is 4.00. The summed E-state index contributed by atoms with van der Waals surface area (Å²) in [6, 6.07) is 18.8. The van der Waals surface area contributed by atoms with Gasteiger partial charge in [0.1, 0.15) is 0 Å². The topological polar surface area (TPSA) is 40.5 Å². The van der Waals surface area contributed by atoms with E-state index in [1.54, 1.807) is 12.2 Å². The van der Waals surface area contributed by atoms with Crippen LogP contribution in [0.15, 0.2) is 86.0 Å². The van der Waals surface area contributed by atoms with E-state index in [9.17, 15) is 10.2 Å². The van der Waals surface area contributed by atoms with Crippen molar-refractivity contribution in [2.75, 3.05) is 0 Å². The fourth-order valence-electron chi connectivity index (χ4n) is 2.74. The Balaban J connectivity index is 2.27. The lowest BCUT2D eigenvalue weighted by atomic mass is 9.79. The summed E-state index contributed by atoms with van der Waals surface area (Å²) in [6.45, 7) is 7.67. The van der Waals surface area contributed by atoms with E-state index in [0.29, 0.717) is 0 Å². The first-order chi connectivity index (χ1) is 10.7. The van der Waals surface area contributed by atoms with Gasteiger partial charge in [0.2, 0.25) is 0 Å².